The van der Waals surface area contributed by atoms with E-state index in [-0.39, 0.29) is 11.9 Å². The molecule has 29 heavy (non-hydrogen) atoms. The summed E-state index contributed by atoms with van der Waals surface area (Å²) in [6, 6.07) is 14.3. The number of carbonyl (C=O) groups is 1. The fourth-order valence-corrected chi connectivity index (χ4v) is 3.17. The smallest absolute Gasteiger partial charge is 0.379 e. The molecule has 1 fully saturated rings. The van der Waals surface area contributed by atoms with Gasteiger partial charge in [-0.25, -0.2) is 0 Å². The molecule has 0 radical (unpaired) electrons. The van der Waals surface area contributed by atoms with Crippen molar-refractivity contribution in [2.75, 3.05) is 32.8 Å². The molecule has 1 amide bonds. The van der Waals surface area contributed by atoms with E-state index >= 15 is 0 Å². The predicted octanol–water partition coefficient (Wildman–Crippen LogP) is 3.91. The number of carbonyl (C=O) groups excluding carboxylic acids is 1. The molecule has 1 heterocycles. The third-order valence-electron chi connectivity index (χ3n) is 4.70. The van der Waals surface area contributed by atoms with E-state index in [9.17, 15) is 18.0 Å². The Morgan fingerprint density at radius 1 is 1.10 bits per heavy atom. The molecule has 0 aromatic heterocycles. The number of amides is 1. The molecule has 1 atom stereocenters. The minimum absolute atomic E-state index is 0.229. The third kappa shape index (κ3) is 6.44. The van der Waals surface area contributed by atoms with Crippen molar-refractivity contribution in [1.29, 1.82) is 0 Å². The molecule has 4 nitrogen and oxygen atoms in total. The fraction of sp³-hybridized carbons (Fsp3) is 0.318. The van der Waals surface area contributed by atoms with Gasteiger partial charge in [0.1, 0.15) is 0 Å². The number of halogens is 3. The zero-order chi connectivity index (χ0) is 20.7. The van der Waals surface area contributed by atoms with Crippen LogP contribution < -0.4 is 5.32 Å². The summed E-state index contributed by atoms with van der Waals surface area (Å²) in [5.74, 6) is -0.357. The first-order chi connectivity index (χ1) is 13.9. The van der Waals surface area contributed by atoms with Crippen LogP contribution in [0.5, 0.6) is 0 Å². The number of nitrogens with zero attached hydrogens (tertiary/aromatic N) is 1. The Hall–Kier alpha value is -2.64. The number of nitrogens with one attached hydrogen (secondary N) is 1. The van der Waals surface area contributed by atoms with Gasteiger partial charge in [0, 0.05) is 25.7 Å². The second-order valence-corrected chi connectivity index (χ2v) is 6.84. The highest BCUT2D eigenvalue weighted by atomic mass is 19.4. The lowest BCUT2D eigenvalue weighted by Gasteiger charge is -2.31. The minimum Gasteiger partial charge on any atom is -0.379 e. The van der Waals surface area contributed by atoms with E-state index in [1.807, 2.05) is 30.3 Å². The van der Waals surface area contributed by atoms with Crippen LogP contribution in [0.1, 0.15) is 22.7 Å². The summed E-state index contributed by atoms with van der Waals surface area (Å²) in [6.07, 6.45) is -1.76. The van der Waals surface area contributed by atoms with E-state index in [1.165, 1.54) is 24.3 Å². The van der Waals surface area contributed by atoms with Crippen LogP contribution in [0.3, 0.4) is 0 Å². The lowest BCUT2D eigenvalue weighted by molar-refractivity contribution is -0.137. The van der Waals surface area contributed by atoms with Gasteiger partial charge in [-0.15, -0.1) is 0 Å². The van der Waals surface area contributed by atoms with Gasteiger partial charge in [0.05, 0.1) is 24.8 Å². The molecule has 7 heteroatoms. The summed E-state index contributed by atoms with van der Waals surface area (Å²) in [6.45, 7) is 3.53. The molecule has 0 spiro atoms. The van der Waals surface area contributed by atoms with Crippen molar-refractivity contribution in [1.82, 2.24) is 10.2 Å². The second kappa shape index (κ2) is 9.71. The maximum atomic E-state index is 12.8. The molecule has 1 aliphatic heterocycles. The molecule has 154 valence electrons. The van der Waals surface area contributed by atoms with Crippen LogP contribution in [0.4, 0.5) is 13.2 Å². The van der Waals surface area contributed by atoms with Crippen LogP contribution in [0.25, 0.3) is 6.08 Å². The van der Waals surface area contributed by atoms with Crippen LogP contribution >= 0.6 is 0 Å². The third-order valence-corrected chi connectivity index (χ3v) is 4.70. The first-order valence-corrected chi connectivity index (χ1v) is 9.43. The minimum atomic E-state index is -4.41. The van der Waals surface area contributed by atoms with Crippen molar-refractivity contribution in [2.24, 2.45) is 0 Å². The molecule has 1 unspecified atom stereocenters. The van der Waals surface area contributed by atoms with Gasteiger partial charge in [0.2, 0.25) is 5.91 Å². The maximum Gasteiger partial charge on any atom is 0.416 e. The largest absolute Gasteiger partial charge is 0.416 e. The average molecular weight is 404 g/mol. The Bertz CT molecular complexity index is 831. The Kier molecular flexibility index (Phi) is 7.06. The number of morpholine rings is 1. The van der Waals surface area contributed by atoms with Crippen molar-refractivity contribution < 1.29 is 22.7 Å². The van der Waals surface area contributed by atoms with Gasteiger partial charge in [-0.3, -0.25) is 9.69 Å². The predicted molar refractivity (Wildman–Crippen MR) is 105 cm³/mol. The molecule has 3 rings (SSSR count). The van der Waals surface area contributed by atoms with Gasteiger partial charge in [-0.05, 0) is 29.3 Å². The first kappa shape index (κ1) is 21.1. The van der Waals surface area contributed by atoms with Gasteiger partial charge in [0.25, 0.3) is 0 Å². The number of ether oxygens (including phenoxy) is 1. The highest BCUT2D eigenvalue weighted by molar-refractivity contribution is 5.92. The van der Waals surface area contributed by atoms with Crippen LogP contribution in [0.15, 0.2) is 60.7 Å². The lowest BCUT2D eigenvalue weighted by Crippen LogP contribution is -2.42. The van der Waals surface area contributed by atoms with E-state index in [0.717, 1.165) is 30.8 Å². The van der Waals surface area contributed by atoms with E-state index in [1.54, 1.807) is 0 Å². The van der Waals surface area contributed by atoms with Crippen LogP contribution in [-0.4, -0.2) is 43.7 Å². The van der Waals surface area contributed by atoms with Crippen LogP contribution in [0, 0.1) is 0 Å². The van der Waals surface area contributed by atoms with Crippen LogP contribution in [-0.2, 0) is 15.7 Å². The van der Waals surface area contributed by atoms with E-state index < -0.39 is 11.7 Å². The molecular weight excluding hydrogens is 381 g/mol. The first-order valence-electron chi connectivity index (χ1n) is 9.43. The van der Waals surface area contributed by atoms with E-state index in [0.29, 0.717) is 25.3 Å². The molecular formula is C22H23F3N2O2. The van der Waals surface area contributed by atoms with E-state index in [4.69, 9.17) is 4.74 Å². The summed E-state index contributed by atoms with van der Waals surface area (Å²) in [7, 11) is 0. The average Bonchev–Trinajstić information content (AvgIpc) is 2.73. The summed E-state index contributed by atoms with van der Waals surface area (Å²) in [5, 5.41) is 2.97. The molecule has 1 aliphatic rings. The highest BCUT2D eigenvalue weighted by Crippen LogP contribution is 2.29. The topological polar surface area (TPSA) is 41.6 Å². The molecule has 0 aliphatic carbocycles. The molecule has 2 aromatic carbocycles. The number of alkyl halides is 3. The zero-order valence-corrected chi connectivity index (χ0v) is 15.9. The maximum absolute atomic E-state index is 12.8. The number of benzene rings is 2. The van der Waals surface area contributed by atoms with Crippen molar-refractivity contribution in [2.45, 2.75) is 12.2 Å². The van der Waals surface area contributed by atoms with Gasteiger partial charge in [0.15, 0.2) is 0 Å². The molecule has 0 saturated carbocycles. The van der Waals surface area contributed by atoms with Crippen molar-refractivity contribution in [3.8, 4) is 0 Å². The Labute approximate surface area is 168 Å². The summed E-state index contributed by atoms with van der Waals surface area (Å²) in [5.41, 5.74) is 0.550. The lowest BCUT2D eigenvalue weighted by atomic mass is 10.1. The summed E-state index contributed by atoms with van der Waals surface area (Å²) >= 11 is 0. The quantitative estimate of drug-likeness (QED) is 0.743. The highest BCUT2D eigenvalue weighted by Gasteiger charge is 2.30. The van der Waals surface area contributed by atoms with Gasteiger partial charge in [-0.1, -0.05) is 42.5 Å². The Morgan fingerprint density at radius 2 is 1.83 bits per heavy atom. The number of rotatable bonds is 6. The van der Waals surface area contributed by atoms with Crippen molar-refractivity contribution >= 4 is 12.0 Å². The normalized spacial score (nSPS) is 16.7. The monoisotopic (exact) mass is 404 g/mol. The summed E-state index contributed by atoms with van der Waals surface area (Å²) in [4.78, 5) is 14.7. The van der Waals surface area contributed by atoms with Crippen LogP contribution in [0.2, 0.25) is 0 Å². The zero-order valence-electron chi connectivity index (χ0n) is 15.9. The molecule has 2 aromatic rings. The molecule has 1 saturated heterocycles. The summed E-state index contributed by atoms with van der Waals surface area (Å²) < 4.78 is 43.9. The van der Waals surface area contributed by atoms with E-state index in [2.05, 4.69) is 10.2 Å². The second-order valence-electron chi connectivity index (χ2n) is 6.84. The van der Waals surface area contributed by atoms with Crippen molar-refractivity contribution in [3.63, 3.8) is 0 Å². The van der Waals surface area contributed by atoms with Gasteiger partial charge in [-0.2, -0.15) is 13.2 Å². The number of hydrogen-bond acceptors (Lipinski definition) is 3. The molecule has 1 N–H and O–H groups in total. The fourth-order valence-electron chi connectivity index (χ4n) is 3.17. The van der Waals surface area contributed by atoms with Gasteiger partial charge >= 0.3 is 6.18 Å². The standard InChI is InChI=1S/C22H23F3N2O2/c23-22(24,25)19-8-4-5-17(15-19)9-10-21(28)26-20(18-6-2-1-3-7-18)16-27-11-13-29-14-12-27/h1-10,15,20H,11-14,16H2,(H,26,28)/b10-9+. The Morgan fingerprint density at radius 3 is 2.52 bits per heavy atom. The SMILES string of the molecule is O=C(/C=C/c1cccc(C(F)(F)F)c1)NC(CN1CCOCC1)c1ccccc1. The molecule has 0 bridgehead atoms. The Balaban J connectivity index is 1.68. The van der Waals surface area contributed by atoms with Crippen molar-refractivity contribution in [3.05, 3.63) is 77.4 Å². The number of hydrogen-bond donors (Lipinski definition) is 1. The van der Waals surface area contributed by atoms with Gasteiger partial charge < -0.3 is 10.1 Å².